The van der Waals surface area contributed by atoms with E-state index in [1.807, 2.05) is 31.6 Å². The van der Waals surface area contributed by atoms with Gasteiger partial charge in [-0.15, -0.1) is 11.3 Å². The van der Waals surface area contributed by atoms with Crippen LogP contribution in [0.25, 0.3) is 21.8 Å². The highest BCUT2D eigenvalue weighted by molar-refractivity contribution is 7.13. The van der Waals surface area contributed by atoms with Crippen molar-refractivity contribution < 1.29 is 0 Å². The summed E-state index contributed by atoms with van der Waals surface area (Å²) in [7, 11) is 1.90. The SMILES string of the molecule is Cn1cc(-c2csc(-c3cccc(CN)c3)n2)cn1. The highest BCUT2D eigenvalue weighted by Crippen LogP contribution is 2.28. The number of nitrogens with two attached hydrogens (primary N) is 1. The number of aromatic nitrogens is 3. The monoisotopic (exact) mass is 270 g/mol. The molecule has 0 aliphatic heterocycles. The molecule has 2 N–H and O–H groups in total. The second-order valence-electron chi connectivity index (χ2n) is 4.35. The molecule has 2 aromatic heterocycles. The minimum absolute atomic E-state index is 0.550. The van der Waals surface area contributed by atoms with E-state index in [9.17, 15) is 0 Å². The summed E-state index contributed by atoms with van der Waals surface area (Å²) in [6.45, 7) is 0.550. The van der Waals surface area contributed by atoms with Crippen LogP contribution in [-0.4, -0.2) is 14.8 Å². The first-order chi connectivity index (χ1) is 9.26. The Balaban J connectivity index is 1.96. The smallest absolute Gasteiger partial charge is 0.124 e. The van der Waals surface area contributed by atoms with Gasteiger partial charge in [0.25, 0.3) is 0 Å². The predicted octanol–water partition coefficient (Wildman–Crippen LogP) is 2.67. The Labute approximate surface area is 115 Å². The Morgan fingerprint density at radius 3 is 2.95 bits per heavy atom. The van der Waals surface area contributed by atoms with Gasteiger partial charge in [0.15, 0.2) is 0 Å². The van der Waals surface area contributed by atoms with Gasteiger partial charge in [-0.25, -0.2) is 4.98 Å². The van der Waals surface area contributed by atoms with Crippen LogP contribution in [0.1, 0.15) is 5.56 Å². The lowest BCUT2D eigenvalue weighted by molar-refractivity contribution is 0.768. The lowest BCUT2D eigenvalue weighted by Gasteiger charge is -1.99. The summed E-state index contributed by atoms with van der Waals surface area (Å²) in [5, 5.41) is 7.23. The topological polar surface area (TPSA) is 56.7 Å². The van der Waals surface area contributed by atoms with Gasteiger partial charge in [-0.1, -0.05) is 18.2 Å². The van der Waals surface area contributed by atoms with Crippen LogP contribution < -0.4 is 5.73 Å². The molecular weight excluding hydrogens is 256 g/mol. The molecule has 4 nitrogen and oxygen atoms in total. The van der Waals surface area contributed by atoms with Crippen LogP contribution in [0.15, 0.2) is 42.0 Å². The van der Waals surface area contributed by atoms with E-state index in [0.717, 1.165) is 27.4 Å². The van der Waals surface area contributed by atoms with E-state index in [2.05, 4.69) is 27.6 Å². The van der Waals surface area contributed by atoms with Crippen molar-refractivity contribution >= 4 is 11.3 Å². The number of thiazole rings is 1. The lowest BCUT2D eigenvalue weighted by atomic mass is 10.1. The van der Waals surface area contributed by atoms with Crippen molar-refractivity contribution in [2.24, 2.45) is 12.8 Å². The van der Waals surface area contributed by atoms with Gasteiger partial charge in [0.2, 0.25) is 0 Å². The minimum atomic E-state index is 0.550. The fourth-order valence-electron chi connectivity index (χ4n) is 1.92. The zero-order valence-electron chi connectivity index (χ0n) is 10.6. The molecule has 2 heterocycles. The zero-order valence-corrected chi connectivity index (χ0v) is 11.4. The van der Waals surface area contributed by atoms with Crippen molar-refractivity contribution in [1.29, 1.82) is 0 Å². The second kappa shape index (κ2) is 4.95. The van der Waals surface area contributed by atoms with Crippen LogP contribution >= 0.6 is 11.3 Å². The molecule has 96 valence electrons. The molecule has 0 aliphatic carbocycles. The Morgan fingerprint density at radius 1 is 1.32 bits per heavy atom. The molecule has 0 radical (unpaired) electrons. The number of nitrogens with zero attached hydrogens (tertiary/aromatic N) is 3. The van der Waals surface area contributed by atoms with Crippen LogP contribution in [0.4, 0.5) is 0 Å². The number of aryl methyl sites for hydroxylation is 1. The molecule has 0 saturated carbocycles. The van der Waals surface area contributed by atoms with E-state index in [1.165, 1.54) is 0 Å². The fourth-order valence-corrected chi connectivity index (χ4v) is 2.75. The fraction of sp³-hybridized carbons (Fsp3) is 0.143. The highest BCUT2D eigenvalue weighted by Gasteiger charge is 2.08. The third kappa shape index (κ3) is 2.43. The molecule has 1 aromatic carbocycles. The summed E-state index contributed by atoms with van der Waals surface area (Å²) in [6, 6.07) is 8.19. The maximum Gasteiger partial charge on any atom is 0.124 e. The number of hydrogen-bond acceptors (Lipinski definition) is 4. The van der Waals surface area contributed by atoms with Crippen molar-refractivity contribution in [3.8, 4) is 21.8 Å². The van der Waals surface area contributed by atoms with Crippen molar-refractivity contribution in [1.82, 2.24) is 14.8 Å². The maximum atomic E-state index is 5.67. The van der Waals surface area contributed by atoms with E-state index < -0.39 is 0 Å². The summed E-state index contributed by atoms with van der Waals surface area (Å²) < 4.78 is 1.78. The average molecular weight is 270 g/mol. The Hall–Kier alpha value is -1.98. The van der Waals surface area contributed by atoms with Crippen LogP contribution in [0.2, 0.25) is 0 Å². The van der Waals surface area contributed by atoms with E-state index in [-0.39, 0.29) is 0 Å². The lowest BCUT2D eigenvalue weighted by Crippen LogP contribution is -1.95. The van der Waals surface area contributed by atoms with Gasteiger partial charge in [0.1, 0.15) is 5.01 Å². The molecule has 0 saturated heterocycles. The second-order valence-corrected chi connectivity index (χ2v) is 5.20. The van der Waals surface area contributed by atoms with Crippen LogP contribution in [-0.2, 0) is 13.6 Å². The van der Waals surface area contributed by atoms with Crippen molar-refractivity contribution in [3.05, 3.63) is 47.6 Å². The minimum Gasteiger partial charge on any atom is -0.326 e. The average Bonchev–Trinajstić information content (AvgIpc) is 3.07. The summed E-state index contributed by atoms with van der Waals surface area (Å²) >= 11 is 1.64. The highest BCUT2D eigenvalue weighted by atomic mass is 32.1. The van der Waals surface area contributed by atoms with Gasteiger partial charge in [-0.3, -0.25) is 4.68 Å². The first-order valence-electron chi connectivity index (χ1n) is 6.00. The standard InChI is InChI=1S/C14H14N4S/c1-18-8-12(7-16-18)13-9-19-14(17-13)11-4-2-3-10(5-11)6-15/h2-5,7-9H,6,15H2,1H3. The first-order valence-corrected chi connectivity index (χ1v) is 6.88. The Kier molecular flexibility index (Phi) is 3.15. The first kappa shape index (κ1) is 12.1. The zero-order chi connectivity index (χ0) is 13.2. The van der Waals surface area contributed by atoms with Gasteiger partial charge in [0.05, 0.1) is 11.9 Å². The van der Waals surface area contributed by atoms with Gasteiger partial charge in [-0.05, 0) is 11.6 Å². The van der Waals surface area contributed by atoms with Gasteiger partial charge < -0.3 is 5.73 Å². The van der Waals surface area contributed by atoms with Crippen molar-refractivity contribution in [2.45, 2.75) is 6.54 Å². The Bertz CT molecular complexity index is 699. The van der Waals surface area contributed by atoms with Crippen molar-refractivity contribution in [3.63, 3.8) is 0 Å². The number of benzene rings is 1. The van der Waals surface area contributed by atoms with E-state index in [0.29, 0.717) is 6.54 Å². The molecule has 0 aliphatic rings. The van der Waals surface area contributed by atoms with Gasteiger partial charge in [0, 0.05) is 36.3 Å². The van der Waals surface area contributed by atoms with Crippen LogP contribution in [0.5, 0.6) is 0 Å². The predicted molar refractivity (Wildman–Crippen MR) is 77.6 cm³/mol. The molecule has 3 rings (SSSR count). The quantitative estimate of drug-likeness (QED) is 0.796. The molecule has 3 aromatic rings. The Morgan fingerprint density at radius 2 is 2.21 bits per heavy atom. The van der Waals surface area contributed by atoms with Gasteiger partial charge in [-0.2, -0.15) is 5.10 Å². The summed E-state index contributed by atoms with van der Waals surface area (Å²) in [5.41, 5.74) is 9.91. The summed E-state index contributed by atoms with van der Waals surface area (Å²) in [4.78, 5) is 4.66. The molecule has 0 unspecified atom stereocenters. The summed E-state index contributed by atoms with van der Waals surface area (Å²) in [6.07, 6.45) is 3.80. The normalized spacial score (nSPS) is 10.8. The third-order valence-corrected chi connectivity index (χ3v) is 3.81. The van der Waals surface area contributed by atoms with Gasteiger partial charge >= 0.3 is 0 Å². The van der Waals surface area contributed by atoms with Crippen molar-refractivity contribution in [2.75, 3.05) is 0 Å². The maximum absolute atomic E-state index is 5.67. The van der Waals surface area contributed by atoms with Crippen LogP contribution in [0.3, 0.4) is 0 Å². The van der Waals surface area contributed by atoms with Crippen LogP contribution in [0, 0.1) is 0 Å². The molecule has 0 amide bonds. The molecule has 0 fully saturated rings. The number of hydrogen-bond donors (Lipinski definition) is 1. The molecular formula is C14H14N4S. The molecule has 0 bridgehead atoms. The molecule has 0 spiro atoms. The molecule has 5 heteroatoms. The third-order valence-electron chi connectivity index (χ3n) is 2.91. The molecule has 19 heavy (non-hydrogen) atoms. The summed E-state index contributed by atoms with van der Waals surface area (Å²) in [5.74, 6) is 0. The van der Waals surface area contributed by atoms with E-state index in [4.69, 9.17) is 5.73 Å². The largest absolute Gasteiger partial charge is 0.326 e. The van der Waals surface area contributed by atoms with E-state index in [1.54, 1.807) is 16.0 Å². The number of rotatable bonds is 3. The molecule has 0 atom stereocenters. The van der Waals surface area contributed by atoms with E-state index >= 15 is 0 Å².